The highest BCUT2D eigenvalue weighted by Gasteiger charge is 2.59. The maximum Gasteiger partial charge on any atom is 0.244 e. The quantitative estimate of drug-likeness (QED) is 0.890. The Kier molecular flexibility index (Phi) is 4.50. The Labute approximate surface area is 167 Å². The van der Waals surface area contributed by atoms with Gasteiger partial charge in [0, 0.05) is 35.9 Å². The van der Waals surface area contributed by atoms with Crippen molar-refractivity contribution < 1.29 is 4.79 Å². The summed E-state index contributed by atoms with van der Waals surface area (Å²) in [6, 6.07) is 14.0. The lowest BCUT2D eigenvalue weighted by atomic mass is 9.69. The van der Waals surface area contributed by atoms with Gasteiger partial charge < -0.3 is 10.2 Å². The van der Waals surface area contributed by atoms with E-state index in [0.717, 1.165) is 12.8 Å². The molecule has 2 saturated heterocycles. The first-order chi connectivity index (χ1) is 13.6. The van der Waals surface area contributed by atoms with Gasteiger partial charge in [-0.05, 0) is 37.3 Å². The smallest absolute Gasteiger partial charge is 0.244 e. The lowest BCUT2D eigenvalue weighted by Crippen LogP contribution is -2.62. The molecule has 3 heterocycles. The van der Waals surface area contributed by atoms with Crippen molar-refractivity contribution in [3.8, 4) is 0 Å². The van der Waals surface area contributed by atoms with Gasteiger partial charge in [0.1, 0.15) is 6.54 Å². The van der Waals surface area contributed by atoms with E-state index >= 15 is 0 Å². The molecule has 148 valence electrons. The minimum absolute atomic E-state index is 0.189. The molecule has 5 heteroatoms. The van der Waals surface area contributed by atoms with Crippen LogP contribution < -0.4 is 5.32 Å². The largest absolute Gasteiger partial charge is 0.333 e. The molecule has 1 aromatic heterocycles. The molecule has 2 bridgehead atoms. The molecule has 0 radical (unpaired) electrons. The normalized spacial score (nSPS) is 34.2. The maximum atomic E-state index is 13.6. The van der Waals surface area contributed by atoms with Gasteiger partial charge in [0.05, 0.1) is 6.04 Å². The highest BCUT2D eigenvalue weighted by atomic mass is 16.2. The summed E-state index contributed by atoms with van der Waals surface area (Å²) >= 11 is 0. The average Bonchev–Trinajstić information content (AvgIpc) is 3.27. The molecular weight excluding hydrogens is 348 g/mol. The van der Waals surface area contributed by atoms with Crippen LogP contribution in [0.25, 0.3) is 0 Å². The summed E-state index contributed by atoms with van der Waals surface area (Å²) in [4.78, 5) is 15.9. The zero-order chi connectivity index (χ0) is 19.1. The van der Waals surface area contributed by atoms with Crippen LogP contribution in [0.5, 0.6) is 0 Å². The van der Waals surface area contributed by atoms with Crippen molar-refractivity contribution in [1.29, 1.82) is 0 Å². The molecule has 5 rings (SSSR count). The lowest BCUT2D eigenvalue weighted by Gasteiger charge is -2.51. The average molecular weight is 379 g/mol. The summed E-state index contributed by atoms with van der Waals surface area (Å²) in [7, 11) is 0. The van der Waals surface area contributed by atoms with Gasteiger partial charge in [0.25, 0.3) is 0 Å². The summed E-state index contributed by atoms with van der Waals surface area (Å²) in [5, 5.41) is 8.25. The van der Waals surface area contributed by atoms with E-state index < -0.39 is 0 Å². The minimum atomic E-state index is 0.189. The predicted molar refractivity (Wildman–Crippen MR) is 109 cm³/mol. The van der Waals surface area contributed by atoms with E-state index in [-0.39, 0.29) is 17.4 Å². The molecule has 1 saturated carbocycles. The van der Waals surface area contributed by atoms with Gasteiger partial charge in [0.2, 0.25) is 5.91 Å². The maximum absolute atomic E-state index is 13.6. The molecule has 3 fully saturated rings. The third-order valence-corrected chi connectivity index (χ3v) is 7.44. The Bertz CT molecular complexity index is 820. The molecule has 1 aromatic carbocycles. The highest BCUT2D eigenvalue weighted by Crippen LogP contribution is 2.51. The molecule has 2 aliphatic heterocycles. The van der Waals surface area contributed by atoms with E-state index in [1.54, 1.807) is 10.9 Å². The van der Waals surface area contributed by atoms with Crippen LogP contribution in [0, 0.1) is 5.41 Å². The zero-order valence-electron chi connectivity index (χ0n) is 16.6. The van der Waals surface area contributed by atoms with E-state index in [2.05, 4.69) is 52.6 Å². The molecule has 2 aromatic rings. The van der Waals surface area contributed by atoms with Crippen molar-refractivity contribution in [3.63, 3.8) is 0 Å². The van der Waals surface area contributed by atoms with Gasteiger partial charge in [-0.25, -0.2) is 0 Å². The number of hydrogen-bond donors (Lipinski definition) is 1. The first-order valence-corrected chi connectivity index (χ1v) is 10.7. The number of hydrogen-bond acceptors (Lipinski definition) is 3. The molecule has 0 spiro atoms. The van der Waals surface area contributed by atoms with Crippen molar-refractivity contribution in [2.24, 2.45) is 5.41 Å². The second-order valence-corrected chi connectivity index (χ2v) is 9.10. The van der Waals surface area contributed by atoms with Gasteiger partial charge in [-0.15, -0.1) is 0 Å². The Morgan fingerprint density at radius 2 is 2.04 bits per heavy atom. The van der Waals surface area contributed by atoms with Crippen LogP contribution in [0.2, 0.25) is 0 Å². The van der Waals surface area contributed by atoms with Crippen LogP contribution in [-0.2, 0) is 17.8 Å². The number of likely N-dealkylation sites (tertiary alicyclic amines) is 1. The second-order valence-electron chi connectivity index (χ2n) is 9.10. The van der Waals surface area contributed by atoms with Gasteiger partial charge in [-0.1, -0.05) is 50.1 Å². The monoisotopic (exact) mass is 378 g/mol. The molecule has 1 amide bonds. The minimum Gasteiger partial charge on any atom is -0.333 e. The van der Waals surface area contributed by atoms with Gasteiger partial charge in [0.15, 0.2) is 0 Å². The second kappa shape index (κ2) is 7.03. The molecule has 5 nitrogen and oxygen atoms in total. The SMILES string of the molecule is C[C@]12C[C@@H]3N[C@H]1CCCC[C@H]2N(C(=O)Cn1cccn1)[C@H]3Cc1ccccc1. The van der Waals surface area contributed by atoms with Gasteiger partial charge in [-0.2, -0.15) is 5.10 Å². The molecule has 3 aliphatic rings. The molecule has 5 atom stereocenters. The van der Waals surface area contributed by atoms with Crippen molar-refractivity contribution in [2.75, 3.05) is 0 Å². The predicted octanol–water partition coefficient (Wildman–Crippen LogP) is 3.02. The number of nitrogens with one attached hydrogen (secondary N) is 1. The van der Waals surface area contributed by atoms with Crippen LogP contribution in [0.1, 0.15) is 44.6 Å². The van der Waals surface area contributed by atoms with Crippen molar-refractivity contribution >= 4 is 5.91 Å². The molecule has 1 N–H and O–H groups in total. The summed E-state index contributed by atoms with van der Waals surface area (Å²) in [6.07, 6.45) is 10.6. The lowest BCUT2D eigenvalue weighted by molar-refractivity contribution is -0.144. The summed E-state index contributed by atoms with van der Waals surface area (Å²) < 4.78 is 1.77. The molecule has 0 unspecified atom stereocenters. The number of amides is 1. The van der Waals surface area contributed by atoms with E-state index in [1.165, 1.54) is 31.2 Å². The fraction of sp³-hybridized carbons (Fsp3) is 0.565. The third kappa shape index (κ3) is 2.96. The molecular formula is C23H30N4O. The number of carbonyl (C=O) groups excluding carboxylic acids is 1. The summed E-state index contributed by atoms with van der Waals surface area (Å²) in [5.41, 5.74) is 1.50. The van der Waals surface area contributed by atoms with Crippen LogP contribution in [-0.4, -0.2) is 44.8 Å². The summed E-state index contributed by atoms with van der Waals surface area (Å²) in [6.45, 7) is 2.76. The van der Waals surface area contributed by atoms with Crippen LogP contribution in [0.15, 0.2) is 48.8 Å². The number of rotatable bonds is 4. The van der Waals surface area contributed by atoms with Crippen molar-refractivity contribution in [2.45, 2.75) is 76.2 Å². The van der Waals surface area contributed by atoms with Crippen LogP contribution in [0.4, 0.5) is 0 Å². The fourth-order valence-corrected chi connectivity index (χ4v) is 6.12. The number of carbonyl (C=O) groups is 1. The fourth-order valence-electron chi connectivity index (χ4n) is 6.12. The standard InChI is InChI=1S/C23H30N4O/c1-23-15-18-19(14-17-8-3-2-4-9-17)27(22(28)16-26-13-7-12-24-26)21(23)11-6-5-10-20(23)25-18/h2-4,7-9,12-13,18-21,25H,5-6,10-11,14-16H2,1H3/t18-,19-,20-,21+,23-/m0/s1. The van der Waals surface area contributed by atoms with E-state index in [1.807, 2.05) is 12.3 Å². The number of aromatic nitrogens is 2. The summed E-state index contributed by atoms with van der Waals surface area (Å²) in [5.74, 6) is 0.218. The van der Waals surface area contributed by atoms with Gasteiger partial charge >= 0.3 is 0 Å². The van der Waals surface area contributed by atoms with Crippen molar-refractivity contribution in [3.05, 3.63) is 54.4 Å². The molecule has 28 heavy (non-hydrogen) atoms. The van der Waals surface area contributed by atoms with Gasteiger partial charge in [-0.3, -0.25) is 9.48 Å². The topological polar surface area (TPSA) is 50.2 Å². The first kappa shape index (κ1) is 17.9. The van der Waals surface area contributed by atoms with Crippen molar-refractivity contribution in [1.82, 2.24) is 20.0 Å². The highest BCUT2D eigenvalue weighted by molar-refractivity contribution is 5.77. The van der Waals surface area contributed by atoms with E-state index in [9.17, 15) is 4.79 Å². The third-order valence-electron chi connectivity index (χ3n) is 7.44. The van der Waals surface area contributed by atoms with Crippen LogP contribution in [0.3, 0.4) is 0 Å². The Balaban J connectivity index is 1.50. The number of nitrogens with zero attached hydrogens (tertiary/aromatic N) is 3. The Hall–Kier alpha value is -2.14. The number of benzene rings is 1. The van der Waals surface area contributed by atoms with E-state index in [0.29, 0.717) is 24.7 Å². The Morgan fingerprint density at radius 1 is 1.21 bits per heavy atom. The number of piperidine rings is 1. The first-order valence-electron chi connectivity index (χ1n) is 10.7. The van der Waals surface area contributed by atoms with E-state index in [4.69, 9.17) is 0 Å². The number of fused-ring (bicyclic) bond motifs is 1. The van der Waals surface area contributed by atoms with Crippen LogP contribution >= 0.6 is 0 Å². The zero-order valence-corrected chi connectivity index (χ0v) is 16.6. The molecule has 1 aliphatic carbocycles. The Morgan fingerprint density at radius 3 is 2.82 bits per heavy atom.